The number of nitro benzene ring substituents is 1. The summed E-state index contributed by atoms with van der Waals surface area (Å²) in [5.74, 6) is -1.21. The van der Waals surface area contributed by atoms with E-state index in [1.54, 1.807) is 0 Å². The highest BCUT2D eigenvalue weighted by atomic mass is 35.5. The van der Waals surface area contributed by atoms with E-state index in [4.69, 9.17) is 16.7 Å². The number of fused-ring (bicyclic) bond motifs is 1. The van der Waals surface area contributed by atoms with E-state index >= 15 is 0 Å². The number of aromatic nitrogens is 1. The first-order valence-electron chi connectivity index (χ1n) is 6.46. The normalized spacial score (nSPS) is 9.78. The summed E-state index contributed by atoms with van der Waals surface area (Å²) in [6.07, 6.45) is 1.81. The van der Waals surface area contributed by atoms with Crippen LogP contribution in [0.25, 0.3) is 10.9 Å². The van der Waals surface area contributed by atoms with E-state index in [0.717, 1.165) is 23.7 Å². The number of aromatic carboxylic acids is 1. The van der Waals surface area contributed by atoms with Gasteiger partial charge in [0.1, 0.15) is 0 Å². The standard InChI is InChI=1S/C9H7N.C7H4ClNO4/c1-2-6-9-8(4-1)5-3-7-10-9;8-6-3-4(9(12)13)1-2-5(6)7(10)11/h1-7H;1-3H,(H,10,11). The van der Waals surface area contributed by atoms with Crippen LogP contribution < -0.4 is 0 Å². The maximum Gasteiger partial charge on any atom is 0.337 e. The molecular formula is C16H11ClN2O4. The fraction of sp³-hybridized carbons (Fsp3) is 0. The van der Waals surface area contributed by atoms with Gasteiger partial charge < -0.3 is 5.11 Å². The highest BCUT2D eigenvalue weighted by Gasteiger charge is 2.13. The van der Waals surface area contributed by atoms with Gasteiger partial charge in [0.05, 0.1) is 21.0 Å². The average Bonchev–Trinajstić information content (AvgIpc) is 2.55. The third kappa shape index (κ3) is 4.24. The number of carboxylic acid groups (broad SMARTS) is 1. The Morgan fingerprint density at radius 2 is 1.83 bits per heavy atom. The van der Waals surface area contributed by atoms with Crippen LogP contribution in [0.2, 0.25) is 5.02 Å². The predicted molar refractivity (Wildman–Crippen MR) is 86.8 cm³/mol. The van der Waals surface area contributed by atoms with Gasteiger partial charge >= 0.3 is 5.97 Å². The second kappa shape index (κ2) is 7.33. The van der Waals surface area contributed by atoms with E-state index < -0.39 is 10.9 Å². The fourth-order valence-electron chi connectivity index (χ4n) is 1.81. The molecule has 0 aliphatic rings. The molecule has 2 aromatic carbocycles. The van der Waals surface area contributed by atoms with Crippen LogP contribution in [0.3, 0.4) is 0 Å². The maximum absolute atomic E-state index is 10.4. The zero-order valence-corrected chi connectivity index (χ0v) is 12.5. The van der Waals surface area contributed by atoms with Crippen LogP contribution in [0.5, 0.6) is 0 Å². The highest BCUT2D eigenvalue weighted by Crippen LogP contribution is 2.22. The van der Waals surface area contributed by atoms with E-state index in [0.29, 0.717) is 0 Å². The molecule has 1 heterocycles. The van der Waals surface area contributed by atoms with Crippen molar-refractivity contribution in [3.8, 4) is 0 Å². The summed E-state index contributed by atoms with van der Waals surface area (Å²) in [5.41, 5.74) is 0.687. The van der Waals surface area contributed by atoms with Gasteiger partial charge in [0, 0.05) is 23.7 Å². The van der Waals surface area contributed by atoms with Gasteiger partial charge in [-0.1, -0.05) is 35.9 Å². The van der Waals surface area contributed by atoms with Gasteiger partial charge in [0.15, 0.2) is 0 Å². The number of carboxylic acids is 1. The Bertz CT molecular complexity index is 802. The summed E-state index contributed by atoms with van der Waals surface area (Å²) in [6.45, 7) is 0. The van der Waals surface area contributed by atoms with Gasteiger partial charge in [-0.3, -0.25) is 15.1 Å². The molecule has 0 bridgehead atoms. The molecule has 1 aromatic heterocycles. The Hall–Kier alpha value is -2.99. The lowest BCUT2D eigenvalue weighted by molar-refractivity contribution is -0.384. The number of carbonyl (C=O) groups is 1. The number of para-hydroxylation sites is 1. The molecule has 0 spiro atoms. The van der Waals surface area contributed by atoms with Crippen molar-refractivity contribution in [2.45, 2.75) is 0 Å². The molecule has 6 nitrogen and oxygen atoms in total. The maximum atomic E-state index is 10.4. The number of benzene rings is 2. The Labute approximate surface area is 136 Å². The summed E-state index contributed by atoms with van der Waals surface area (Å²) in [6, 6.07) is 15.3. The zero-order chi connectivity index (χ0) is 16.8. The first-order valence-corrected chi connectivity index (χ1v) is 6.84. The van der Waals surface area contributed by atoms with Crippen LogP contribution in [-0.4, -0.2) is 21.0 Å². The Kier molecular flexibility index (Phi) is 5.22. The number of rotatable bonds is 2. The van der Waals surface area contributed by atoms with E-state index in [2.05, 4.69) is 17.1 Å². The molecular weight excluding hydrogens is 320 g/mol. The fourth-order valence-corrected chi connectivity index (χ4v) is 2.06. The molecule has 0 aliphatic heterocycles. The van der Waals surface area contributed by atoms with Crippen molar-refractivity contribution in [2.75, 3.05) is 0 Å². The van der Waals surface area contributed by atoms with E-state index in [1.165, 1.54) is 5.39 Å². The Balaban J connectivity index is 0.000000172. The number of hydrogen-bond acceptors (Lipinski definition) is 4. The number of non-ortho nitro benzene ring substituents is 1. The SMILES string of the molecule is O=C(O)c1ccc([N+](=O)[O-])cc1Cl.c1ccc2ncccc2c1. The smallest absolute Gasteiger partial charge is 0.337 e. The molecule has 23 heavy (non-hydrogen) atoms. The summed E-state index contributed by atoms with van der Waals surface area (Å²) < 4.78 is 0. The van der Waals surface area contributed by atoms with Gasteiger partial charge in [-0.15, -0.1) is 0 Å². The van der Waals surface area contributed by atoms with E-state index in [9.17, 15) is 14.9 Å². The van der Waals surface area contributed by atoms with Crippen molar-refractivity contribution in [1.82, 2.24) is 4.98 Å². The lowest BCUT2D eigenvalue weighted by atomic mass is 10.2. The minimum atomic E-state index is -1.21. The van der Waals surface area contributed by atoms with Gasteiger partial charge in [-0.25, -0.2) is 4.79 Å². The predicted octanol–water partition coefficient (Wildman–Crippen LogP) is 4.18. The summed E-state index contributed by atoms with van der Waals surface area (Å²) in [4.78, 5) is 24.2. The molecule has 116 valence electrons. The zero-order valence-electron chi connectivity index (χ0n) is 11.7. The molecule has 0 atom stereocenters. The quantitative estimate of drug-likeness (QED) is 0.562. The van der Waals surface area contributed by atoms with Gasteiger partial charge in [-0.05, 0) is 18.2 Å². The number of nitro groups is 1. The molecule has 3 rings (SSSR count). The molecule has 7 heteroatoms. The average molecular weight is 331 g/mol. The molecule has 0 saturated heterocycles. The molecule has 1 N–H and O–H groups in total. The van der Waals surface area contributed by atoms with E-state index in [1.807, 2.05) is 30.5 Å². The molecule has 0 amide bonds. The van der Waals surface area contributed by atoms with Crippen LogP contribution in [-0.2, 0) is 0 Å². The highest BCUT2D eigenvalue weighted by molar-refractivity contribution is 6.33. The second-order valence-corrected chi connectivity index (χ2v) is 4.83. The van der Waals surface area contributed by atoms with Crippen molar-refractivity contribution in [2.24, 2.45) is 0 Å². The molecule has 3 aromatic rings. The third-order valence-corrected chi connectivity index (χ3v) is 3.22. The van der Waals surface area contributed by atoms with Crippen LogP contribution in [0.1, 0.15) is 10.4 Å². The minimum absolute atomic E-state index is 0.137. The van der Waals surface area contributed by atoms with Crippen molar-refractivity contribution < 1.29 is 14.8 Å². The summed E-state index contributed by atoms with van der Waals surface area (Å²) in [7, 11) is 0. The van der Waals surface area contributed by atoms with Gasteiger partial charge in [0.2, 0.25) is 0 Å². The monoisotopic (exact) mass is 330 g/mol. The number of halogens is 1. The Morgan fingerprint density at radius 1 is 1.13 bits per heavy atom. The van der Waals surface area contributed by atoms with Crippen molar-refractivity contribution >= 4 is 34.2 Å². The molecule has 0 unspecified atom stereocenters. The van der Waals surface area contributed by atoms with Crippen LogP contribution in [0, 0.1) is 10.1 Å². The van der Waals surface area contributed by atoms with E-state index in [-0.39, 0.29) is 16.3 Å². The second-order valence-electron chi connectivity index (χ2n) is 4.42. The molecule has 0 fully saturated rings. The van der Waals surface area contributed by atoms with Crippen LogP contribution in [0.4, 0.5) is 5.69 Å². The van der Waals surface area contributed by atoms with Gasteiger partial charge in [0.25, 0.3) is 5.69 Å². The molecule has 0 saturated carbocycles. The lowest BCUT2D eigenvalue weighted by Crippen LogP contribution is -1.98. The van der Waals surface area contributed by atoms with Crippen molar-refractivity contribution in [1.29, 1.82) is 0 Å². The number of hydrogen-bond donors (Lipinski definition) is 1. The summed E-state index contributed by atoms with van der Waals surface area (Å²) >= 11 is 5.48. The molecule has 0 aliphatic carbocycles. The first kappa shape index (κ1) is 16.4. The van der Waals surface area contributed by atoms with Crippen molar-refractivity contribution in [3.63, 3.8) is 0 Å². The lowest BCUT2D eigenvalue weighted by Gasteiger charge is -1.97. The minimum Gasteiger partial charge on any atom is -0.478 e. The van der Waals surface area contributed by atoms with Crippen LogP contribution in [0.15, 0.2) is 60.8 Å². The number of nitrogens with zero attached hydrogens (tertiary/aromatic N) is 2. The summed E-state index contributed by atoms with van der Waals surface area (Å²) in [5, 5.41) is 19.8. The topological polar surface area (TPSA) is 93.3 Å². The van der Waals surface area contributed by atoms with Crippen molar-refractivity contribution in [3.05, 3.63) is 81.5 Å². The van der Waals surface area contributed by atoms with Crippen LogP contribution >= 0.6 is 11.6 Å². The van der Waals surface area contributed by atoms with Gasteiger partial charge in [-0.2, -0.15) is 0 Å². The largest absolute Gasteiger partial charge is 0.478 e. The Morgan fingerprint density at radius 3 is 2.43 bits per heavy atom. The third-order valence-electron chi connectivity index (χ3n) is 2.91. The molecule has 0 radical (unpaired) electrons. The first-order chi connectivity index (χ1) is 11.0. The number of pyridine rings is 1.